The number of hydrogen-bond acceptors (Lipinski definition) is 2. The van der Waals surface area contributed by atoms with Crippen LogP contribution < -0.4 is 4.74 Å². The van der Waals surface area contributed by atoms with Crippen molar-refractivity contribution in [3.8, 4) is 5.88 Å². The van der Waals surface area contributed by atoms with Gasteiger partial charge < -0.3 is 4.74 Å². The molecule has 1 aromatic carbocycles. The van der Waals surface area contributed by atoms with Gasteiger partial charge in [0.15, 0.2) is 0 Å². The zero-order valence-electron chi connectivity index (χ0n) is 11.7. The Hall–Kier alpha value is -1.98. The average molecular weight is 298 g/mol. The van der Waals surface area contributed by atoms with E-state index in [9.17, 15) is 13.2 Å². The van der Waals surface area contributed by atoms with Crippen molar-refractivity contribution < 1.29 is 17.9 Å². The molecule has 0 N–H and O–H groups in total. The molecule has 0 saturated carbocycles. The summed E-state index contributed by atoms with van der Waals surface area (Å²) < 4.78 is 44.5. The van der Waals surface area contributed by atoms with Crippen LogP contribution in [0, 0.1) is 0 Å². The van der Waals surface area contributed by atoms with Crippen LogP contribution in [0.4, 0.5) is 13.2 Å². The standard InChI is InChI=1S/C15H17F3N2O/c1-2-3-10-21-14-8-9-20(19-14)11-12-4-6-13(7-5-12)15(16,17)18/h4-9H,2-3,10-11H2,1H3. The van der Waals surface area contributed by atoms with Crippen LogP contribution in [0.5, 0.6) is 5.88 Å². The van der Waals surface area contributed by atoms with Gasteiger partial charge in [-0.1, -0.05) is 25.5 Å². The van der Waals surface area contributed by atoms with Gasteiger partial charge in [-0.25, -0.2) is 0 Å². The van der Waals surface area contributed by atoms with Crippen LogP contribution in [0.3, 0.4) is 0 Å². The smallest absolute Gasteiger partial charge is 0.416 e. The first-order chi connectivity index (χ1) is 9.99. The van der Waals surface area contributed by atoms with Gasteiger partial charge in [0.25, 0.3) is 0 Å². The van der Waals surface area contributed by atoms with Gasteiger partial charge in [0.2, 0.25) is 5.88 Å². The minimum absolute atomic E-state index is 0.412. The first kappa shape index (κ1) is 15.4. The van der Waals surface area contributed by atoms with E-state index in [4.69, 9.17) is 4.74 Å². The van der Waals surface area contributed by atoms with Crippen LogP contribution >= 0.6 is 0 Å². The van der Waals surface area contributed by atoms with Crippen molar-refractivity contribution in [3.05, 3.63) is 47.7 Å². The molecule has 114 valence electrons. The monoisotopic (exact) mass is 298 g/mol. The highest BCUT2D eigenvalue weighted by molar-refractivity contribution is 5.24. The molecule has 0 aliphatic carbocycles. The quantitative estimate of drug-likeness (QED) is 0.750. The Morgan fingerprint density at radius 2 is 1.86 bits per heavy atom. The van der Waals surface area contributed by atoms with Gasteiger partial charge in [0.1, 0.15) is 0 Å². The number of halogens is 3. The second kappa shape index (κ2) is 6.65. The number of hydrogen-bond donors (Lipinski definition) is 0. The average Bonchev–Trinajstić information content (AvgIpc) is 2.86. The van der Waals surface area contributed by atoms with Crippen molar-refractivity contribution in [3.63, 3.8) is 0 Å². The molecule has 0 aliphatic heterocycles. The van der Waals surface area contributed by atoms with Crippen LogP contribution in [0.25, 0.3) is 0 Å². The molecule has 0 radical (unpaired) electrons. The Kier molecular flexibility index (Phi) is 4.88. The van der Waals surface area contributed by atoms with E-state index in [1.54, 1.807) is 16.9 Å². The molecule has 0 bridgehead atoms. The highest BCUT2D eigenvalue weighted by atomic mass is 19.4. The molecule has 0 fully saturated rings. The lowest BCUT2D eigenvalue weighted by Crippen LogP contribution is -2.06. The molecular formula is C15H17F3N2O. The molecule has 0 saturated heterocycles. The summed E-state index contributed by atoms with van der Waals surface area (Å²) in [4.78, 5) is 0. The first-order valence-electron chi connectivity index (χ1n) is 6.81. The zero-order chi connectivity index (χ0) is 15.3. The fourth-order valence-electron chi connectivity index (χ4n) is 1.82. The number of unbranched alkanes of at least 4 members (excludes halogenated alkanes) is 1. The van der Waals surface area contributed by atoms with Gasteiger partial charge in [0.05, 0.1) is 18.7 Å². The largest absolute Gasteiger partial charge is 0.477 e. The van der Waals surface area contributed by atoms with Gasteiger partial charge in [-0.15, -0.1) is 5.10 Å². The van der Waals surface area contributed by atoms with Crippen LogP contribution in [-0.2, 0) is 12.7 Å². The van der Waals surface area contributed by atoms with Crippen molar-refractivity contribution >= 4 is 0 Å². The summed E-state index contributed by atoms with van der Waals surface area (Å²) >= 11 is 0. The van der Waals surface area contributed by atoms with Gasteiger partial charge >= 0.3 is 6.18 Å². The Balaban J connectivity index is 1.95. The molecule has 0 amide bonds. The molecule has 3 nitrogen and oxygen atoms in total. The molecule has 1 aromatic heterocycles. The van der Waals surface area contributed by atoms with E-state index in [0.29, 0.717) is 19.0 Å². The Bertz CT molecular complexity index is 561. The second-order valence-corrected chi connectivity index (χ2v) is 4.75. The van der Waals surface area contributed by atoms with E-state index in [0.717, 1.165) is 30.5 Å². The molecule has 21 heavy (non-hydrogen) atoms. The lowest BCUT2D eigenvalue weighted by atomic mass is 10.1. The summed E-state index contributed by atoms with van der Waals surface area (Å²) in [6.45, 7) is 3.11. The maximum absolute atomic E-state index is 12.5. The highest BCUT2D eigenvalue weighted by Crippen LogP contribution is 2.29. The number of alkyl halides is 3. The van der Waals surface area contributed by atoms with Crippen LogP contribution in [0.15, 0.2) is 36.5 Å². The van der Waals surface area contributed by atoms with Crippen molar-refractivity contribution in [2.24, 2.45) is 0 Å². The zero-order valence-corrected chi connectivity index (χ0v) is 11.7. The molecule has 0 unspecified atom stereocenters. The van der Waals surface area contributed by atoms with Gasteiger partial charge in [-0.3, -0.25) is 4.68 Å². The van der Waals surface area contributed by atoms with E-state index in [1.165, 1.54) is 12.1 Å². The third-order valence-electron chi connectivity index (χ3n) is 2.99. The van der Waals surface area contributed by atoms with E-state index in [-0.39, 0.29) is 0 Å². The molecule has 1 heterocycles. The predicted octanol–water partition coefficient (Wildman–Crippen LogP) is 4.13. The molecule has 0 spiro atoms. The molecule has 2 aromatic rings. The van der Waals surface area contributed by atoms with Crippen LogP contribution in [-0.4, -0.2) is 16.4 Å². The third-order valence-corrected chi connectivity index (χ3v) is 2.99. The van der Waals surface area contributed by atoms with Crippen molar-refractivity contribution in [1.82, 2.24) is 9.78 Å². The summed E-state index contributed by atoms with van der Waals surface area (Å²) in [6, 6.07) is 6.83. The number of ether oxygens (including phenoxy) is 1. The fourth-order valence-corrected chi connectivity index (χ4v) is 1.82. The molecule has 2 rings (SSSR count). The number of rotatable bonds is 6. The van der Waals surface area contributed by atoms with Crippen LogP contribution in [0.2, 0.25) is 0 Å². The molecular weight excluding hydrogens is 281 g/mol. The second-order valence-electron chi connectivity index (χ2n) is 4.75. The highest BCUT2D eigenvalue weighted by Gasteiger charge is 2.29. The lowest BCUT2D eigenvalue weighted by molar-refractivity contribution is -0.137. The van der Waals surface area contributed by atoms with Gasteiger partial charge in [-0.2, -0.15) is 13.2 Å². The van der Waals surface area contributed by atoms with Crippen LogP contribution in [0.1, 0.15) is 30.9 Å². The molecule has 0 aliphatic rings. The first-order valence-corrected chi connectivity index (χ1v) is 6.81. The minimum atomic E-state index is -4.30. The summed E-state index contributed by atoms with van der Waals surface area (Å²) in [7, 11) is 0. The Labute approximate surface area is 121 Å². The van der Waals surface area contributed by atoms with E-state index in [1.807, 2.05) is 0 Å². The number of benzene rings is 1. The Morgan fingerprint density at radius 1 is 1.14 bits per heavy atom. The molecule has 0 atom stereocenters. The van der Waals surface area contributed by atoms with E-state index >= 15 is 0 Å². The minimum Gasteiger partial charge on any atom is -0.477 e. The van der Waals surface area contributed by atoms with Crippen molar-refractivity contribution in [2.75, 3.05) is 6.61 Å². The van der Waals surface area contributed by atoms with Crippen molar-refractivity contribution in [1.29, 1.82) is 0 Å². The summed E-state index contributed by atoms with van der Waals surface area (Å²) in [5.41, 5.74) is 0.113. The van der Waals surface area contributed by atoms with Gasteiger partial charge in [-0.05, 0) is 24.1 Å². The third kappa shape index (κ3) is 4.51. The summed E-state index contributed by atoms with van der Waals surface area (Å²) in [5, 5.41) is 4.22. The number of aromatic nitrogens is 2. The number of nitrogens with zero attached hydrogens (tertiary/aromatic N) is 2. The summed E-state index contributed by atoms with van der Waals surface area (Å²) in [5.74, 6) is 0.537. The normalized spacial score (nSPS) is 11.6. The van der Waals surface area contributed by atoms with Crippen molar-refractivity contribution in [2.45, 2.75) is 32.5 Å². The topological polar surface area (TPSA) is 27.1 Å². The SMILES string of the molecule is CCCCOc1ccn(Cc2ccc(C(F)(F)F)cc2)n1. The Morgan fingerprint density at radius 3 is 2.48 bits per heavy atom. The molecule has 6 heteroatoms. The fraction of sp³-hybridized carbons (Fsp3) is 0.400. The predicted molar refractivity (Wildman–Crippen MR) is 73.2 cm³/mol. The maximum Gasteiger partial charge on any atom is 0.416 e. The van der Waals surface area contributed by atoms with E-state index < -0.39 is 11.7 Å². The summed E-state index contributed by atoms with van der Waals surface area (Å²) in [6.07, 6.45) is -0.540. The van der Waals surface area contributed by atoms with E-state index in [2.05, 4.69) is 12.0 Å². The van der Waals surface area contributed by atoms with Gasteiger partial charge in [0, 0.05) is 12.3 Å². The maximum atomic E-state index is 12.5. The lowest BCUT2D eigenvalue weighted by Gasteiger charge is -2.07.